The molecule has 1 aromatic carbocycles. The molecule has 0 radical (unpaired) electrons. The second-order valence-electron chi connectivity index (χ2n) is 5.14. The Bertz CT molecular complexity index is 736. The average Bonchev–Trinajstić information content (AvgIpc) is 2.89. The molecule has 0 spiro atoms. The maximum Gasteiger partial charge on any atom is 0.418 e. The molecule has 1 heterocycles. The Kier molecular flexibility index (Phi) is 3.90. The third-order valence-electron chi connectivity index (χ3n) is 3.59. The largest absolute Gasteiger partial charge is 0.418 e. The Hall–Kier alpha value is -1.89. The number of alkyl halides is 3. The minimum absolute atomic E-state index is 0.112. The van der Waals surface area contributed by atoms with Crippen LogP contribution in [-0.2, 0) is 11.0 Å². The number of carbonyl (C=O) groups excluding carboxylic acids is 1. The summed E-state index contributed by atoms with van der Waals surface area (Å²) in [5.41, 5.74) is -0.888. The van der Waals surface area contributed by atoms with Crippen LogP contribution >= 0.6 is 11.3 Å². The summed E-state index contributed by atoms with van der Waals surface area (Å²) in [6, 6.07) is 3.92. The molecule has 2 aromatic rings. The van der Waals surface area contributed by atoms with Gasteiger partial charge >= 0.3 is 6.18 Å². The highest BCUT2D eigenvalue weighted by Gasteiger charge is 2.34. The lowest BCUT2D eigenvalue weighted by molar-refractivity contribution is -0.136. The van der Waals surface area contributed by atoms with Gasteiger partial charge in [-0.2, -0.15) is 13.2 Å². The van der Waals surface area contributed by atoms with Crippen LogP contribution in [0.4, 0.5) is 18.3 Å². The average molecular weight is 326 g/mol. The lowest BCUT2D eigenvalue weighted by Crippen LogP contribution is -2.23. The summed E-state index contributed by atoms with van der Waals surface area (Å²) < 4.78 is 39.3. The first-order valence-electron chi connectivity index (χ1n) is 6.88. The SMILES string of the molecule is O=C(Nc1nc2c(C(F)(F)F)cccc2s1)[C@@H]1CC=CCC1. The highest BCUT2D eigenvalue weighted by Crippen LogP contribution is 2.37. The zero-order valence-electron chi connectivity index (χ0n) is 11.5. The third kappa shape index (κ3) is 2.99. The van der Waals surface area contributed by atoms with Gasteiger partial charge in [0.25, 0.3) is 0 Å². The van der Waals surface area contributed by atoms with Crippen molar-refractivity contribution in [2.45, 2.75) is 25.4 Å². The molecule has 22 heavy (non-hydrogen) atoms. The fourth-order valence-corrected chi connectivity index (χ4v) is 3.37. The lowest BCUT2D eigenvalue weighted by Gasteiger charge is -2.15. The first-order chi connectivity index (χ1) is 10.4. The molecule has 3 nitrogen and oxygen atoms in total. The van der Waals surface area contributed by atoms with Gasteiger partial charge < -0.3 is 5.32 Å². The highest BCUT2D eigenvalue weighted by molar-refractivity contribution is 7.22. The normalized spacial score (nSPS) is 18.6. The number of thiazole rings is 1. The first-order valence-corrected chi connectivity index (χ1v) is 7.69. The molecular formula is C15H13F3N2OS. The third-order valence-corrected chi connectivity index (χ3v) is 4.53. The van der Waals surface area contributed by atoms with Crippen LogP contribution in [0.15, 0.2) is 30.4 Å². The molecule has 1 N–H and O–H groups in total. The zero-order chi connectivity index (χ0) is 15.7. The smallest absolute Gasteiger partial charge is 0.302 e. The van der Waals surface area contributed by atoms with Crippen LogP contribution in [0.5, 0.6) is 0 Å². The minimum Gasteiger partial charge on any atom is -0.302 e. The molecule has 0 fully saturated rings. The quantitative estimate of drug-likeness (QED) is 0.819. The van der Waals surface area contributed by atoms with Gasteiger partial charge in [-0.15, -0.1) is 0 Å². The number of nitrogens with zero attached hydrogens (tertiary/aromatic N) is 1. The number of para-hydroxylation sites is 1. The number of hydrogen-bond acceptors (Lipinski definition) is 3. The molecule has 0 saturated carbocycles. The van der Waals surface area contributed by atoms with E-state index in [0.717, 1.165) is 30.2 Å². The van der Waals surface area contributed by atoms with E-state index in [-0.39, 0.29) is 22.5 Å². The number of hydrogen-bond donors (Lipinski definition) is 1. The van der Waals surface area contributed by atoms with Crippen LogP contribution in [0.1, 0.15) is 24.8 Å². The van der Waals surface area contributed by atoms with Crippen molar-refractivity contribution in [2.24, 2.45) is 5.92 Å². The van der Waals surface area contributed by atoms with Crippen LogP contribution < -0.4 is 5.32 Å². The van der Waals surface area contributed by atoms with E-state index in [0.29, 0.717) is 11.1 Å². The monoisotopic (exact) mass is 326 g/mol. The van der Waals surface area contributed by atoms with Crippen molar-refractivity contribution >= 4 is 32.6 Å². The maximum atomic E-state index is 13.0. The molecule has 3 rings (SSSR count). The fourth-order valence-electron chi connectivity index (χ4n) is 2.47. The molecule has 7 heteroatoms. The van der Waals surface area contributed by atoms with E-state index in [1.54, 1.807) is 6.07 Å². The number of fused-ring (bicyclic) bond motifs is 1. The van der Waals surface area contributed by atoms with Crippen molar-refractivity contribution in [2.75, 3.05) is 5.32 Å². The van der Waals surface area contributed by atoms with E-state index in [9.17, 15) is 18.0 Å². The number of benzene rings is 1. The minimum atomic E-state index is -4.46. The molecule has 0 saturated heterocycles. The Balaban J connectivity index is 1.86. The Morgan fingerprint density at radius 3 is 2.82 bits per heavy atom. The number of rotatable bonds is 2. The first kappa shape index (κ1) is 15.0. The van der Waals surface area contributed by atoms with Gasteiger partial charge in [-0.25, -0.2) is 4.98 Å². The number of halogens is 3. The van der Waals surface area contributed by atoms with E-state index in [1.165, 1.54) is 6.07 Å². The van der Waals surface area contributed by atoms with Crippen molar-refractivity contribution in [3.05, 3.63) is 35.9 Å². The van der Waals surface area contributed by atoms with E-state index in [2.05, 4.69) is 10.3 Å². The molecule has 0 unspecified atom stereocenters. The van der Waals surface area contributed by atoms with Gasteiger partial charge in [0.15, 0.2) is 5.13 Å². The topological polar surface area (TPSA) is 42.0 Å². The predicted octanol–water partition coefficient (Wildman–Crippen LogP) is 4.61. The Labute approximate surface area is 128 Å². The maximum absolute atomic E-state index is 13.0. The number of aromatic nitrogens is 1. The van der Waals surface area contributed by atoms with Crippen molar-refractivity contribution in [1.29, 1.82) is 0 Å². The second-order valence-corrected chi connectivity index (χ2v) is 6.17. The summed E-state index contributed by atoms with van der Waals surface area (Å²) in [6.45, 7) is 0. The number of allylic oxidation sites excluding steroid dienone is 2. The van der Waals surface area contributed by atoms with Gasteiger partial charge in [-0.1, -0.05) is 29.6 Å². The number of amides is 1. The van der Waals surface area contributed by atoms with Crippen LogP contribution in [0.2, 0.25) is 0 Å². The molecule has 116 valence electrons. The summed E-state index contributed by atoms with van der Waals surface area (Å²) in [7, 11) is 0. The van der Waals surface area contributed by atoms with Crippen molar-refractivity contribution in [3.8, 4) is 0 Å². The highest BCUT2D eigenvalue weighted by atomic mass is 32.1. The lowest BCUT2D eigenvalue weighted by atomic mass is 9.94. The molecule has 1 amide bonds. The standard InChI is InChI=1S/C15H13F3N2OS/c16-15(17,18)10-7-4-8-11-12(10)19-14(22-11)20-13(21)9-5-2-1-3-6-9/h1-2,4,7-9H,3,5-6H2,(H,19,20,21)/t9-/m1/s1. The summed E-state index contributed by atoms with van der Waals surface area (Å²) in [6.07, 6.45) is 1.77. The van der Waals surface area contributed by atoms with Crippen molar-refractivity contribution in [1.82, 2.24) is 4.98 Å². The van der Waals surface area contributed by atoms with Crippen molar-refractivity contribution < 1.29 is 18.0 Å². The molecule has 1 atom stereocenters. The zero-order valence-corrected chi connectivity index (χ0v) is 12.3. The van der Waals surface area contributed by atoms with E-state index < -0.39 is 11.7 Å². The van der Waals surface area contributed by atoms with Gasteiger partial charge in [0.1, 0.15) is 0 Å². The van der Waals surface area contributed by atoms with Crippen LogP contribution in [0.25, 0.3) is 10.2 Å². The van der Waals surface area contributed by atoms with Gasteiger partial charge in [-0.05, 0) is 31.4 Å². The predicted molar refractivity (Wildman–Crippen MR) is 79.7 cm³/mol. The molecule has 1 aliphatic carbocycles. The van der Waals surface area contributed by atoms with Gasteiger partial charge in [-0.3, -0.25) is 4.79 Å². The Morgan fingerprint density at radius 2 is 2.14 bits per heavy atom. The molecular weight excluding hydrogens is 313 g/mol. The summed E-state index contributed by atoms with van der Waals surface area (Å²) in [5, 5.41) is 2.86. The van der Waals surface area contributed by atoms with Gasteiger partial charge in [0.05, 0.1) is 15.8 Å². The van der Waals surface area contributed by atoms with E-state index in [1.807, 2.05) is 12.2 Å². The van der Waals surface area contributed by atoms with E-state index in [4.69, 9.17) is 0 Å². The van der Waals surface area contributed by atoms with Crippen LogP contribution in [0.3, 0.4) is 0 Å². The number of nitrogens with one attached hydrogen (secondary N) is 1. The van der Waals surface area contributed by atoms with Gasteiger partial charge in [0.2, 0.25) is 5.91 Å². The van der Waals surface area contributed by atoms with Crippen LogP contribution in [-0.4, -0.2) is 10.9 Å². The summed E-state index contributed by atoms with van der Waals surface area (Å²) >= 11 is 1.06. The summed E-state index contributed by atoms with van der Waals surface area (Å²) in [4.78, 5) is 16.1. The van der Waals surface area contributed by atoms with Gasteiger partial charge in [0, 0.05) is 5.92 Å². The van der Waals surface area contributed by atoms with E-state index >= 15 is 0 Å². The number of anilines is 1. The molecule has 0 aliphatic heterocycles. The fraction of sp³-hybridized carbons (Fsp3) is 0.333. The molecule has 0 bridgehead atoms. The summed E-state index contributed by atoms with van der Waals surface area (Å²) in [5.74, 6) is -0.323. The molecule has 1 aliphatic rings. The number of carbonyl (C=O) groups is 1. The molecule has 1 aromatic heterocycles. The van der Waals surface area contributed by atoms with Crippen molar-refractivity contribution in [3.63, 3.8) is 0 Å². The second kappa shape index (κ2) is 5.72. The Morgan fingerprint density at radius 1 is 1.32 bits per heavy atom. The van der Waals surface area contributed by atoms with Crippen LogP contribution in [0, 0.1) is 5.92 Å².